The van der Waals surface area contributed by atoms with Crippen molar-refractivity contribution in [3.05, 3.63) is 0 Å². The fraction of sp³-hybridized carbons (Fsp3) is 0.786. The lowest BCUT2D eigenvalue weighted by atomic mass is 9.78. The van der Waals surface area contributed by atoms with Gasteiger partial charge in [0.2, 0.25) is 5.91 Å². The first-order valence-electron chi connectivity index (χ1n) is 7.36. The summed E-state index contributed by atoms with van der Waals surface area (Å²) in [6.07, 6.45) is 1.74. The smallest absolute Gasteiger partial charge is 0.317 e. The molecular formula is C14H25N3O4. The van der Waals surface area contributed by atoms with Crippen molar-refractivity contribution in [3.63, 3.8) is 0 Å². The number of nitrogens with zero attached hydrogens (tertiary/aromatic N) is 2. The van der Waals surface area contributed by atoms with Gasteiger partial charge in [-0.3, -0.25) is 9.59 Å². The molecule has 21 heavy (non-hydrogen) atoms. The summed E-state index contributed by atoms with van der Waals surface area (Å²) >= 11 is 0. The normalized spacial score (nSPS) is 21.8. The van der Waals surface area contributed by atoms with E-state index in [1.807, 2.05) is 13.8 Å². The summed E-state index contributed by atoms with van der Waals surface area (Å²) in [5.74, 6) is -1.02. The second-order valence-electron chi connectivity index (χ2n) is 5.53. The molecule has 0 spiro atoms. The summed E-state index contributed by atoms with van der Waals surface area (Å²) in [6.45, 7) is 4.92. The van der Waals surface area contributed by atoms with Crippen molar-refractivity contribution in [1.29, 1.82) is 0 Å². The van der Waals surface area contributed by atoms with E-state index >= 15 is 0 Å². The fourth-order valence-electron chi connectivity index (χ4n) is 2.49. The quantitative estimate of drug-likeness (QED) is 0.784. The number of aliphatic carboxylic acids is 1. The van der Waals surface area contributed by atoms with E-state index in [-0.39, 0.29) is 25.0 Å². The molecule has 1 atom stereocenters. The zero-order valence-corrected chi connectivity index (χ0v) is 13.0. The van der Waals surface area contributed by atoms with Crippen molar-refractivity contribution in [1.82, 2.24) is 15.1 Å². The van der Waals surface area contributed by atoms with Gasteiger partial charge < -0.3 is 20.2 Å². The van der Waals surface area contributed by atoms with E-state index in [0.717, 1.165) is 0 Å². The highest BCUT2D eigenvalue weighted by Gasteiger charge is 2.42. The number of hydrogen-bond donors (Lipinski definition) is 2. The van der Waals surface area contributed by atoms with Crippen LogP contribution in [-0.4, -0.2) is 66.0 Å². The minimum Gasteiger partial charge on any atom is -0.481 e. The Bertz CT molecular complexity index is 413. The summed E-state index contributed by atoms with van der Waals surface area (Å²) in [7, 11) is 1.67. The lowest BCUT2D eigenvalue weighted by Crippen LogP contribution is -2.53. The summed E-state index contributed by atoms with van der Waals surface area (Å²) in [6, 6.07) is -0.369. The second-order valence-corrected chi connectivity index (χ2v) is 5.53. The van der Waals surface area contributed by atoms with Crippen LogP contribution in [0.3, 0.4) is 0 Å². The largest absolute Gasteiger partial charge is 0.481 e. The molecule has 3 amide bonds. The summed E-state index contributed by atoms with van der Waals surface area (Å²) in [5.41, 5.74) is -0.861. The maximum absolute atomic E-state index is 12.1. The highest BCUT2D eigenvalue weighted by molar-refractivity contribution is 5.84. The number of piperidine rings is 1. The molecule has 1 fully saturated rings. The second kappa shape index (κ2) is 7.28. The SMILES string of the molecule is CCN(C)C(=O)CNC(=O)N1CCCC(CC)(C(=O)O)C1. The van der Waals surface area contributed by atoms with Crippen LogP contribution in [0, 0.1) is 5.41 Å². The number of carbonyl (C=O) groups excluding carboxylic acids is 2. The third kappa shape index (κ3) is 4.09. The van der Waals surface area contributed by atoms with Gasteiger partial charge in [0.1, 0.15) is 0 Å². The van der Waals surface area contributed by atoms with Gasteiger partial charge in [-0.05, 0) is 26.2 Å². The Kier molecular flexibility index (Phi) is 5.99. The first kappa shape index (κ1) is 17.3. The number of hydrogen-bond acceptors (Lipinski definition) is 3. The van der Waals surface area contributed by atoms with Crippen molar-refractivity contribution in [3.8, 4) is 0 Å². The lowest BCUT2D eigenvalue weighted by Gasteiger charge is -2.39. The van der Waals surface area contributed by atoms with Crippen LogP contribution < -0.4 is 5.32 Å². The van der Waals surface area contributed by atoms with Gasteiger partial charge in [-0.15, -0.1) is 0 Å². The molecule has 1 aliphatic rings. The first-order valence-corrected chi connectivity index (χ1v) is 7.36. The predicted octanol–water partition coefficient (Wildman–Crippen LogP) is 0.751. The van der Waals surface area contributed by atoms with Crippen molar-refractivity contribution in [2.75, 3.05) is 33.2 Å². The van der Waals surface area contributed by atoms with E-state index in [0.29, 0.717) is 32.4 Å². The van der Waals surface area contributed by atoms with E-state index in [9.17, 15) is 19.5 Å². The van der Waals surface area contributed by atoms with Gasteiger partial charge in [0, 0.05) is 26.7 Å². The molecule has 7 heteroatoms. The van der Waals surface area contributed by atoms with Crippen LogP contribution in [0.4, 0.5) is 4.79 Å². The zero-order valence-electron chi connectivity index (χ0n) is 13.0. The van der Waals surface area contributed by atoms with E-state index in [1.54, 1.807) is 7.05 Å². The molecule has 0 aromatic carbocycles. The maximum atomic E-state index is 12.1. The summed E-state index contributed by atoms with van der Waals surface area (Å²) in [5, 5.41) is 12.0. The zero-order chi connectivity index (χ0) is 16.0. The van der Waals surface area contributed by atoms with Crippen LogP contribution in [0.15, 0.2) is 0 Å². The van der Waals surface area contributed by atoms with Gasteiger partial charge in [-0.25, -0.2) is 4.79 Å². The number of rotatable bonds is 5. The number of carboxylic acids is 1. The predicted molar refractivity (Wildman–Crippen MR) is 77.9 cm³/mol. The van der Waals surface area contributed by atoms with E-state index in [2.05, 4.69) is 5.32 Å². The Labute approximate surface area is 125 Å². The first-order chi connectivity index (χ1) is 9.86. The number of carboxylic acid groups (broad SMARTS) is 1. The average molecular weight is 299 g/mol. The molecule has 2 N–H and O–H groups in total. The molecule has 120 valence electrons. The van der Waals surface area contributed by atoms with Crippen LogP contribution in [0.5, 0.6) is 0 Å². The van der Waals surface area contributed by atoms with Crippen molar-refractivity contribution in [2.45, 2.75) is 33.1 Å². The number of amides is 3. The Hall–Kier alpha value is -1.79. The molecule has 7 nitrogen and oxygen atoms in total. The van der Waals surface area contributed by atoms with Crippen LogP contribution >= 0.6 is 0 Å². The molecule has 0 saturated carbocycles. The molecule has 1 unspecified atom stereocenters. The van der Waals surface area contributed by atoms with Crippen molar-refractivity contribution in [2.24, 2.45) is 5.41 Å². The Morgan fingerprint density at radius 3 is 2.52 bits per heavy atom. The van der Waals surface area contributed by atoms with Crippen LogP contribution in [0.1, 0.15) is 33.1 Å². The average Bonchev–Trinajstić information content (AvgIpc) is 2.50. The lowest BCUT2D eigenvalue weighted by molar-refractivity contribution is -0.152. The van der Waals surface area contributed by atoms with Gasteiger partial charge in [0.15, 0.2) is 0 Å². The Balaban J connectivity index is 2.58. The number of nitrogens with one attached hydrogen (secondary N) is 1. The van der Waals surface area contributed by atoms with E-state index < -0.39 is 11.4 Å². The fourth-order valence-corrected chi connectivity index (χ4v) is 2.49. The highest BCUT2D eigenvalue weighted by atomic mass is 16.4. The van der Waals surface area contributed by atoms with E-state index in [4.69, 9.17) is 0 Å². The van der Waals surface area contributed by atoms with Gasteiger partial charge in [-0.2, -0.15) is 0 Å². The van der Waals surface area contributed by atoms with Gasteiger partial charge in [-0.1, -0.05) is 6.92 Å². The number of likely N-dealkylation sites (tertiary alicyclic amines) is 1. The summed E-state index contributed by atoms with van der Waals surface area (Å²) < 4.78 is 0. The van der Waals surface area contributed by atoms with Crippen LogP contribution in [0.2, 0.25) is 0 Å². The summed E-state index contributed by atoms with van der Waals surface area (Å²) in [4.78, 5) is 38.2. The molecule has 1 saturated heterocycles. The third-order valence-corrected chi connectivity index (χ3v) is 4.29. The van der Waals surface area contributed by atoms with Crippen LogP contribution in [0.25, 0.3) is 0 Å². The third-order valence-electron chi connectivity index (χ3n) is 4.29. The Morgan fingerprint density at radius 1 is 1.33 bits per heavy atom. The molecule has 0 aliphatic carbocycles. The molecule has 1 heterocycles. The molecule has 0 radical (unpaired) electrons. The maximum Gasteiger partial charge on any atom is 0.317 e. The highest BCUT2D eigenvalue weighted by Crippen LogP contribution is 2.33. The minimum atomic E-state index is -0.861. The molecule has 1 rings (SSSR count). The topological polar surface area (TPSA) is 90.0 Å². The number of likely N-dealkylation sites (N-methyl/N-ethyl adjacent to an activating group) is 1. The molecule has 0 bridgehead atoms. The number of urea groups is 1. The Morgan fingerprint density at radius 2 is 2.00 bits per heavy atom. The molecular weight excluding hydrogens is 274 g/mol. The van der Waals surface area contributed by atoms with Crippen molar-refractivity contribution < 1.29 is 19.5 Å². The molecule has 0 aromatic rings. The van der Waals surface area contributed by atoms with Crippen molar-refractivity contribution >= 4 is 17.9 Å². The van der Waals surface area contributed by atoms with E-state index in [1.165, 1.54) is 9.80 Å². The van der Waals surface area contributed by atoms with Gasteiger partial charge in [0.05, 0.1) is 12.0 Å². The molecule has 0 aromatic heterocycles. The molecule has 1 aliphatic heterocycles. The minimum absolute atomic E-state index is 0.0636. The number of carbonyl (C=O) groups is 3. The van der Waals surface area contributed by atoms with Crippen LogP contribution in [-0.2, 0) is 9.59 Å². The van der Waals surface area contributed by atoms with Gasteiger partial charge in [0.25, 0.3) is 0 Å². The van der Waals surface area contributed by atoms with Gasteiger partial charge >= 0.3 is 12.0 Å². The monoisotopic (exact) mass is 299 g/mol. The standard InChI is InChI=1S/C14H25N3O4/c1-4-14(12(19)20)7-6-8-17(10-14)13(21)15-9-11(18)16(3)5-2/h4-10H2,1-3H3,(H,15,21)(H,19,20).